The second-order valence-electron chi connectivity index (χ2n) is 6.97. The van der Waals surface area contributed by atoms with Gasteiger partial charge >= 0.3 is 0 Å². The summed E-state index contributed by atoms with van der Waals surface area (Å²) in [5, 5.41) is 0.889. The van der Waals surface area contributed by atoms with Crippen LogP contribution in [0.4, 0.5) is 15.8 Å². The van der Waals surface area contributed by atoms with Gasteiger partial charge in [-0.2, -0.15) is 0 Å². The van der Waals surface area contributed by atoms with Crippen molar-refractivity contribution in [2.24, 2.45) is 4.99 Å². The summed E-state index contributed by atoms with van der Waals surface area (Å²) in [7, 11) is 0. The van der Waals surface area contributed by atoms with Gasteiger partial charge in [0.1, 0.15) is 5.82 Å². The number of rotatable bonds is 3. The van der Waals surface area contributed by atoms with E-state index in [0.717, 1.165) is 23.4 Å². The Kier molecular flexibility index (Phi) is 5.14. The summed E-state index contributed by atoms with van der Waals surface area (Å²) in [6, 6.07) is 8.54. The molecule has 1 heterocycles. The van der Waals surface area contributed by atoms with Crippen LogP contribution in [0.2, 0.25) is 10.0 Å². The highest BCUT2D eigenvalue weighted by Crippen LogP contribution is 2.39. The maximum Gasteiger partial charge on any atom is 0.134 e. The lowest BCUT2D eigenvalue weighted by atomic mass is 9.88. The Morgan fingerprint density at radius 1 is 1.15 bits per heavy atom. The molecule has 136 valence electrons. The van der Waals surface area contributed by atoms with Crippen LogP contribution in [0.3, 0.4) is 0 Å². The van der Waals surface area contributed by atoms with E-state index in [0.29, 0.717) is 21.3 Å². The predicted octanol–water partition coefficient (Wildman–Crippen LogP) is 6.90. The molecule has 0 aliphatic carbocycles. The van der Waals surface area contributed by atoms with Crippen molar-refractivity contribution in [2.45, 2.75) is 33.2 Å². The van der Waals surface area contributed by atoms with Gasteiger partial charge in [0.25, 0.3) is 0 Å². The van der Waals surface area contributed by atoms with Crippen molar-refractivity contribution < 1.29 is 4.39 Å². The summed E-state index contributed by atoms with van der Waals surface area (Å²) in [4.78, 5) is 6.55. The zero-order valence-corrected chi connectivity index (χ0v) is 16.8. The normalized spacial score (nSPS) is 16.0. The molecule has 1 aliphatic heterocycles. The van der Waals surface area contributed by atoms with Crippen LogP contribution in [-0.2, 0) is 0 Å². The largest absolute Gasteiger partial charge is 0.363 e. The average Bonchev–Trinajstić information content (AvgIpc) is 2.56. The molecule has 0 radical (unpaired) electrons. The molecule has 3 rings (SSSR count). The molecule has 1 aliphatic rings. The Morgan fingerprint density at radius 3 is 2.54 bits per heavy atom. The summed E-state index contributed by atoms with van der Waals surface area (Å²) < 4.78 is 14.7. The van der Waals surface area contributed by atoms with Crippen molar-refractivity contribution in [1.82, 2.24) is 0 Å². The fourth-order valence-corrected chi connectivity index (χ4v) is 3.79. The van der Waals surface area contributed by atoms with Gasteiger partial charge in [-0.1, -0.05) is 29.3 Å². The van der Waals surface area contributed by atoms with Gasteiger partial charge in [0.15, 0.2) is 0 Å². The van der Waals surface area contributed by atoms with Gasteiger partial charge in [-0.25, -0.2) is 4.39 Å². The van der Waals surface area contributed by atoms with E-state index in [1.807, 2.05) is 6.07 Å². The van der Waals surface area contributed by atoms with Crippen molar-refractivity contribution in [3.05, 3.63) is 63.4 Å². The van der Waals surface area contributed by atoms with Crippen LogP contribution in [0.25, 0.3) is 5.57 Å². The van der Waals surface area contributed by atoms with Crippen LogP contribution < -0.4 is 4.90 Å². The third-order valence-electron chi connectivity index (χ3n) is 4.67. The number of hydrogen-bond acceptors (Lipinski definition) is 2. The summed E-state index contributed by atoms with van der Waals surface area (Å²) in [6.07, 6.45) is 3.75. The van der Waals surface area contributed by atoms with Crippen LogP contribution >= 0.6 is 23.2 Å². The number of halogens is 3. The fourth-order valence-electron chi connectivity index (χ4n) is 3.50. The molecule has 0 saturated heterocycles. The third-order valence-corrected chi connectivity index (χ3v) is 5.41. The predicted molar refractivity (Wildman–Crippen MR) is 111 cm³/mol. The first-order valence-corrected chi connectivity index (χ1v) is 9.28. The van der Waals surface area contributed by atoms with E-state index in [4.69, 9.17) is 23.2 Å². The van der Waals surface area contributed by atoms with E-state index in [9.17, 15) is 4.39 Å². The highest BCUT2D eigenvalue weighted by atomic mass is 35.5. The highest BCUT2D eigenvalue weighted by Gasteiger charge is 2.30. The molecule has 0 N–H and O–H groups in total. The quantitative estimate of drug-likeness (QED) is 0.520. The minimum Gasteiger partial charge on any atom is -0.363 e. The highest BCUT2D eigenvalue weighted by molar-refractivity contribution is 6.42. The molecule has 2 aromatic rings. The van der Waals surface area contributed by atoms with Crippen LogP contribution in [0.15, 0.2) is 41.4 Å². The molecule has 0 spiro atoms. The second-order valence-corrected chi connectivity index (χ2v) is 7.79. The fraction of sp³-hybridized carbons (Fsp3) is 0.286. The molecule has 26 heavy (non-hydrogen) atoms. The molecular formula is C21H21Cl2FN2. The lowest BCUT2D eigenvalue weighted by molar-refractivity contribution is 0.561. The van der Waals surface area contributed by atoms with E-state index >= 15 is 0 Å². The number of hydrogen-bond donors (Lipinski definition) is 0. The topological polar surface area (TPSA) is 15.6 Å². The zero-order valence-electron chi connectivity index (χ0n) is 15.3. The Labute approximate surface area is 164 Å². The molecule has 2 aromatic carbocycles. The maximum absolute atomic E-state index is 14.7. The number of nitrogens with zero attached hydrogens (tertiary/aromatic N) is 2. The lowest BCUT2D eigenvalue weighted by Gasteiger charge is -2.42. The molecule has 0 aromatic heterocycles. The summed E-state index contributed by atoms with van der Waals surface area (Å²) in [5.74, 6) is -0.295. The van der Waals surface area contributed by atoms with Gasteiger partial charge in [0, 0.05) is 29.6 Å². The molecule has 2 nitrogen and oxygen atoms in total. The summed E-state index contributed by atoms with van der Waals surface area (Å²) >= 11 is 11.9. The number of aliphatic imine (C=N–C) groups is 1. The SMILES string of the molecule is CCN1c2cc(F)c(C=Nc3ccc(Cl)c(Cl)c3)cc2C(C)=CC1(C)C. The first-order chi connectivity index (χ1) is 12.2. The molecule has 0 fully saturated rings. The molecule has 0 unspecified atom stereocenters. The smallest absolute Gasteiger partial charge is 0.134 e. The van der Waals surface area contributed by atoms with E-state index in [1.54, 1.807) is 24.3 Å². The van der Waals surface area contributed by atoms with Gasteiger partial charge in [-0.05, 0) is 63.6 Å². The minimum atomic E-state index is -0.295. The lowest BCUT2D eigenvalue weighted by Crippen LogP contribution is -2.45. The van der Waals surface area contributed by atoms with E-state index in [1.165, 1.54) is 6.21 Å². The summed E-state index contributed by atoms with van der Waals surface area (Å²) in [6.45, 7) is 9.23. The van der Waals surface area contributed by atoms with Crippen molar-refractivity contribution in [1.29, 1.82) is 0 Å². The standard InChI is InChI=1S/C21H21Cl2FN2/c1-5-26-20-10-19(24)14(8-16(20)13(2)11-21(26,3)4)12-25-15-6-7-17(22)18(23)9-15/h6-12H,5H2,1-4H3. The average molecular weight is 391 g/mol. The van der Waals surface area contributed by atoms with Crippen molar-refractivity contribution in [2.75, 3.05) is 11.4 Å². The van der Waals surface area contributed by atoms with Crippen molar-refractivity contribution >= 4 is 46.4 Å². The molecule has 0 bridgehead atoms. The molecular weight excluding hydrogens is 370 g/mol. The van der Waals surface area contributed by atoms with Crippen LogP contribution in [0.5, 0.6) is 0 Å². The van der Waals surface area contributed by atoms with Crippen LogP contribution in [0, 0.1) is 5.82 Å². The van der Waals surface area contributed by atoms with Gasteiger partial charge in [-0.3, -0.25) is 4.99 Å². The van der Waals surface area contributed by atoms with Gasteiger partial charge in [0.2, 0.25) is 0 Å². The van der Waals surface area contributed by atoms with Gasteiger partial charge in [0.05, 0.1) is 21.3 Å². The third kappa shape index (κ3) is 3.51. The Bertz CT molecular complexity index is 916. The van der Waals surface area contributed by atoms with Gasteiger partial charge in [-0.15, -0.1) is 0 Å². The zero-order chi connectivity index (χ0) is 19.1. The molecule has 0 saturated carbocycles. The van der Waals surface area contributed by atoms with Crippen molar-refractivity contribution in [3.63, 3.8) is 0 Å². The van der Waals surface area contributed by atoms with Crippen LogP contribution in [0.1, 0.15) is 38.8 Å². The van der Waals surface area contributed by atoms with Crippen LogP contribution in [-0.4, -0.2) is 18.3 Å². The first kappa shape index (κ1) is 18.9. The number of benzene rings is 2. The molecule has 0 amide bonds. The first-order valence-electron chi connectivity index (χ1n) is 8.53. The Balaban J connectivity index is 2.02. The minimum absolute atomic E-state index is 0.145. The van der Waals surface area contributed by atoms with Gasteiger partial charge < -0.3 is 4.90 Å². The number of likely N-dealkylation sites (N-methyl/N-ethyl adjacent to an activating group) is 1. The maximum atomic E-state index is 14.7. The van der Waals surface area contributed by atoms with E-state index in [2.05, 4.69) is 43.7 Å². The summed E-state index contributed by atoms with van der Waals surface area (Å²) in [5.41, 5.74) is 4.01. The van der Waals surface area contributed by atoms with E-state index in [-0.39, 0.29) is 11.4 Å². The number of fused-ring (bicyclic) bond motifs is 1. The Morgan fingerprint density at radius 2 is 1.88 bits per heavy atom. The second kappa shape index (κ2) is 7.05. The number of anilines is 1. The van der Waals surface area contributed by atoms with Crippen molar-refractivity contribution in [3.8, 4) is 0 Å². The Hall–Kier alpha value is -1.84. The van der Waals surface area contributed by atoms with E-state index < -0.39 is 0 Å². The molecule has 0 atom stereocenters. The molecule has 5 heteroatoms. The monoisotopic (exact) mass is 390 g/mol. The number of allylic oxidation sites excluding steroid dienone is 1.